The average molecular weight is 308 g/mol. The molecule has 0 aliphatic carbocycles. The minimum atomic E-state index is -0.745. The molecule has 0 aliphatic heterocycles. The Morgan fingerprint density at radius 1 is 1.09 bits per heavy atom. The van der Waals surface area contributed by atoms with Crippen LogP contribution in [-0.2, 0) is 9.59 Å². The Morgan fingerprint density at radius 3 is 1.91 bits per heavy atom. The molecule has 22 heavy (non-hydrogen) atoms. The topological polar surface area (TPSA) is 69.6 Å². The van der Waals surface area contributed by atoms with Crippen LogP contribution in [0, 0.1) is 13.8 Å². The molecular formula is C17H28N2O3. The maximum absolute atomic E-state index is 11.9. The predicted octanol–water partition coefficient (Wildman–Crippen LogP) is 3.06. The summed E-state index contributed by atoms with van der Waals surface area (Å²) in [4.78, 5) is 23.4. The summed E-state index contributed by atoms with van der Waals surface area (Å²) in [7, 11) is 0. The SMILES string of the molecule is CCC(=O)O.CCN(CC)CC(=O)Nc1c(C)cccc1C. The summed E-state index contributed by atoms with van der Waals surface area (Å²) in [6, 6.07) is 6.03. The standard InChI is InChI=1S/C14H22N2O.C3H6O2/c1-5-16(6-2)10-13(17)15-14-11(3)8-7-9-12(14)4;1-2-3(4)5/h7-9H,5-6,10H2,1-4H3,(H,15,17);2H2,1H3,(H,4,5). The van der Waals surface area contributed by atoms with Crippen LogP contribution in [0.4, 0.5) is 5.69 Å². The van der Waals surface area contributed by atoms with Crippen LogP contribution >= 0.6 is 0 Å². The second-order valence-electron chi connectivity index (χ2n) is 5.02. The van der Waals surface area contributed by atoms with Crippen molar-refractivity contribution < 1.29 is 14.7 Å². The Bertz CT molecular complexity index is 463. The fourth-order valence-corrected chi connectivity index (χ4v) is 1.84. The Labute approximate surface area is 133 Å². The molecule has 5 nitrogen and oxygen atoms in total. The lowest BCUT2D eigenvalue weighted by Gasteiger charge is -2.18. The van der Waals surface area contributed by atoms with Crippen LogP contribution < -0.4 is 5.32 Å². The van der Waals surface area contributed by atoms with Gasteiger partial charge in [0.25, 0.3) is 0 Å². The summed E-state index contributed by atoms with van der Waals surface area (Å²) in [6.07, 6.45) is 0.222. The first-order valence-electron chi connectivity index (χ1n) is 7.65. The van der Waals surface area contributed by atoms with Crippen molar-refractivity contribution in [3.8, 4) is 0 Å². The molecule has 0 saturated heterocycles. The van der Waals surface area contributed by atoms with E-state index in [0.29, 0.717) is 6.54 Å². The van der Waals surface area contributed by atoms with Gasteiger partial charge < -0.3 is 10.4 Å². The Kier molecular flexibility index (Phi) is 9.87. The number of carboxylic acids is 1. The maximum Gasteiger partial charge on any atom is 0.303 e. The highest BCUT2D eigenvalue weighted by Crippen LogP contribution is 2.19. The number of likely N-dealkylation sites (N-methyl/N-ethyl adjacent to an activating group) is 1. The van der Waals surface area contributed by atoms with Crippen LogP contribution in [-0.4, -0.2) is 41.5 Å². The van der Waals surface area contributed by atoms with E-state index >= 15 is 0 Å². The first-order chi connectivity index (χ1) is 10.3. The smallest absolute Gasteiger partial charge is 0.303 e. The third-order valence-corrected chi connectivity index (χ3v) is 3.31. The molecule has 1 amide bonds. The average Bonchev–Trinajstić information content (AvgIpc) is 2.49. The van der Waals surface area contributed by atoms with Gasteiger partial charge in [0.05, 0.1) is 6.54 Å². The number of aryl methyl sites for hydroxylation is 2. The van der Waals surface area contributed by atoms with Gasteiger partial charge in [-0.3, -0.25) is 14.5 Å². The zero-order chi connectivity index (χ0) is 17.1. The highest BCUT2D eigenvalue weighted by atomic mass is 16.4. The number of benzene rings is 1. The molecule has 0 aliphatic rings. The highest BCUT2D eigenvalue weighted by molar-refractivity contribution is 5.93. The lowest BCUT2D eigenvalue weighted by atomic mass is 10.1. The molecule has 124 valence electrons. The first-order valence-corrected chi connectivity index (χ1v) is 7.65. The molecule has 0 bridgehead atoms. The van der Waals surface area contributed by atoms with Gasteiger partial charge in [0, 0.05) is 12.1 Å². The van der Waals surface area contributed by atoms with Gasteiger partial charge >= 0.3 is 5.97 Å². The fraction of sp³-hybridized carbons (Fsp3) is 0.529. The zero-order valence-corrected chi connectivity index (χ0v) is 14.3. The number of aliphatic carboxylic acids is 1. The molecule has 1 rings (SSSR count). The monoisotopic (exact) mass is 308 g/mol. The molecular weight excluding hydrogens is 280 g/mol. The lowest BCUT2D eigenvalue weighted by molar-refractivity contribution is -0.136. The van der Waals surface area contributed by atoms with Crippen molar-refractivity contribution >= 4 is 17.6 Å². The van der Waals surface area contributed by atoms with Gasteiger partial charge in [-0.2, -0.15) is 0 Å². The fourth-order valence-electron chi connectivity index (χ4n) is 1.84. The van der Waals surface area contributed by atoms with Gasteiger partial charge in [-0.25, -0.2) is 0 Å². The second-order valence-corrected chi connectivity index (χ2v) is 5.02. The van der Waals surface area contributed by atoms with E-state index in [1.165, 1.54) is 0 Å². The molecule has 0 fully saturated rings. The van der Waals surface area contributed by atoms with Crippen LogP contribution in [0.1, 0.15) is 38.3 Å². The van der Waals surface area contributed by atoms with Gasteiger partial charge in [0.15, 0.2) is 0 Å². The van der Waals surface area contributed by atoms with Crippen LogP contribution in [0.5, 0.6) is 0 Å². The molecule has 0 aromatic heterocycles. The van der Waals surface area contributed by atoms with Crippen molar-refractivity contribution in [3.63, 3.8) is 0 Å². The predicted molar refractivity (Wildman–Crippen MR) is 90.3 cm³/mol. The van der Waals surface area contributed by atoms with Crippen LogP contribution in [0.3, 0.4) is 0 Å². The molecule has 2 N–H and O–H groups in total. The highest BCUT2D eigenvalue weighted by Gasteiger charge is 2.09. The van der Waals surface area contributed by atoms with Crippen molar-refractivity contribution in [1.82, 2.24) is 4.90 Å². The van der Waals surface area contributed by atoms with Crippen molar-refractivity contribution in [1.29, 1.82) is 0 Å². The number of nitrogens with one attached hydrogen (secondary N) is 1. The number of amides is 1. The zero-order valence-electron chi connectivity index (χ0n) is 14.3. The number of rotatable bonds is 6. The number of hydrogen-bond donors (Lipinski definition) is 2. The van der Waals surface area contributed by atoms with E-state index in [0.717, 1.165) is 29.9 Å². The Balaban J connectivity index is 0.000000763. The summed E-state index contributed by atoms with van der Waals surface area (Å²) in [5.41, 5.74) is 3.17. The van der Waals surface area contributed by atoms with E-state index in [4.69, 9.17) is 5.11 Å². The normalized spacial score (nSPS) is 9.91. The molecule has 0 atom stereocenters. The van der Waals surface area contributed by atoms with Gasteiger partial charge in [-0.15, -0.1) is 0 Å². The molecule has 5 heteroatoms. The lowest BCUT2D eigenvalue weighted by Crippen LogP contribution is -2.33. The van der Waals surface area contributed by atoms with Crippen molar-refractivity contribution in [2.24, 2.45) is 0 Å². The van der Waals surface area contributed by atoms with Gasteiger partial charge in [-0.05, 0) is 38.1 Å². The molecule has 0 saturated carbocycles. The summed E-state index contributed by atoms with van der Waals surface area (Å²) >= 11 is 0. The van der Waals surface area contributed by atoms with E-state index in [1.807, 2.05) is 32.0 Å². The van der Waals surface area contributed by atoms with Crippen LogP contribution in [0.15, 0.2) is 18.2 Å². The van der Waals surface area contributed by atoms with E-state index in [2.05, 4.69) is 24.1 Å². The number of hydrogen-bond acceptors (Lipinski definition) is 3. The van der Waals surface area contributed by atoms with Gasteiger partial charge in [-0.1, -0.05) is 39.0 Å². The molecule has 0 radical (unpaired) electrons. The van der Waals surface area contributed by atoms with E-state index in [-0.39, 0.29) is 12.3 Å². The molecule has 0 heterocycles. The summed E-state index contributed by atoms with van der Waals surface area (Å²) in [5.74, 6) is -0.684. The summed E-state index contributed by atoms with van der Waals surface area (Å²) in [5, 5.41) is 10.7. The minimum Gasteiger partial charge on any atom is -0.481 e. The van der Waals surface area contributed by atoms with Crippen molar-refractivity contribution in [3.05, 3.63) is 29.3 Å². The largest absolute Gasteiger partial charge is 0.481 e. The van der Waals surface area contributed by atoms with Crippen LogP contribution in [0.2, 0.25) is 0 Å². The number of anilines is 1. The minimum absolute atomic E-state index is 0.0612. The molecule has 0 spiro atoms. The van der Waals surface area contributed by atoms with Gasteiger partial charge in [0.1, 0.15) is 0 Å². The number of carboxylic acid groups (broad SMARTS) is 1. The second kappa shape index (κ2) is 10.8. The number of nitrogens with zero attached hydrogens (tertiary/aromatic N) is 1. The van der Waals surface area contributed by atoms with Gasteiger partial charge in [0.2, 0.25) is 5.91 Å². The van der Waals surface area contributed by atoms with Crippen LogP contribution in [0.25, 0.3) is 0 Å². The molecule has 1 aromatic rings. The molecule has 1 aromatic carbocycles. The number of carbonyl (C=O) groups excluding carboxylic acids is 1. The Morgan fingerprint density at radius 2 is 1.55 bits per heavy atom. The number of para-hydroxylation sites is 1. The van der Waals surface area contributed by atoms with E-state index < -0.39 is 5.97 Å². The maximum atomic E-state index is 11.9. The third-order valence-electron chi connectivity index (χ3n) is 3.31. The third kappa shape index (κ3) is 7.78. The number of carbonyl (C=O) groups is 2. The molecule has 0 unspecified atom stereocenters. The van der Waals surface area contributed by atoms with E-state index in [1.54, 1.807) is 6.92 Å². The first kappa shape index (κ1) is 20.1. The van der Waals surface area contributed by atoms with Crippen molar-refractivity contribution in [2.75, 3.05) is 25.0 Å². The Hall–Kier alpha value is -1.88. The summed E-state index contributed by atoms with van der Waals surface area (Å²) in [6.45, 7) is 12.0. The van der Waals surface area contributed by atoms with Crippen molar-refractivity contribution in [2.45, 2.75) is 41.0 Å². The summed E-state index contributed by atoms with van der Waals surface area (Å²) < 4.78 is 0. The quantitative estimate of drug-likeness (QED) is 0.847. The van der Waals surface area contributed by atoms with E-state index in [9.17, 15) is 9.59 Å².